The van der Waals surface area contributed by atoms with E-state index in [4.69, 9.17) is 4.74 Å². The van der Waals surface area contributed by atoms with Gasteiger partial charge in [0.05, 0.1) is 25.9 Å². The molecule has 0 bridgehead atoms. The lowest BCUT2D eigenvalue weighted by molar-refractivity contribution is -0.144. The van der Waals surface area contributed by atoms with Gasteiger partial charge in [0.25, 0.3) is 0 Å². The molecule has 0 N–H and O–H groups in total. The Morgan fingerprint density at radius 3 is 2.24 bits per heavy atom. The van der Waals surface area contributed by atoms with Crippen LogP contribution in [-0.2, 0) is 29.7 Å². The van der Waals surface area contributed by atoms with Crippen LogP contribution in [0.5, 0.6) is 0 Å². The first kappa shape index (κ1) is 27.7. The highest BCUT2D eigenvalue weighted by Gasteiger charge is 2.13. The molecule has 7 nitrogen and oxygen atoms in total. The minimum atomic E-state index is -0.152. The van der Waals surface area contributed by atoms with E-state index in [1.807, 2.05) is 24.7 Å². The van der Waals surface area contributed by atoms with E-state index in [-0.39, 0.29) is 5.97 Å². The van der Waals surface area contributed by atoms with E-state index in [2.05, 4.69) is 57.9 Å². The van der Waals surface area contributed by atoms with Crippen molar-refractivity contribution in [3.8, 4) is 0 Å². The summed E-state index contributed by atoms with van der Waals surface area (Å²) in [6, 6.07) is 8.49. The molecule has 7 heteroatoms. The van der Waals surface area contributed by atoms with Crippen molar-refractivity contribution in [1.82, 2.24) is 19.4 Å². The van der Waals surface area contributed by atoms with Gasteiger partial charge < -0.3 is 14.2 Å². The minimum Gasteiger partial charge on any atom is -0.465 e. The van der Waals surface area contributed by atoms with Crippen molar-refractivity contribution in [2.24, 2.45) is 12.0 Å². The number of aliphatic imine (C=N–C) groups is 1. The summed E-state index contributed by atoms with van der Waals surface area (Å²) in [5.74, 6) is 0.695. The average Bonchev–Trinajstić information content (AvgIpc) is 3.22. The van der Waals surface area contributed by atoms with Gasteiger partial charge in [-0.05, 0) is 69.9 Å². The van der Waals surface area contributed by atoms with Crippen LogP contribution in [0.2, 0.25) is 0 Å². The normalized spacial score (nSPS) is 11.7. The lowest BCUT2D eigenvalue weighted by Crippen LogP contribution is -2.32. The van der Waals surface area contributed by atoms with E-state index >= 15 is 0 Å². The van der Waals surface area contributed by atoms with Gasteiger partial charge in [-0.1, -0.05) is 38.1 Å². The quantitative estimate of drug-likeness (QED) is 0.196. The van der Waals surface area contributed by atoms with Crippen LogP contribution in [0.4, 0.5) is 0 Å². The standard InChI is InChI=1S/C27H43N5O2/c1-5-15-31(16-6-2)17-8-9-18-32(23-27(33)34-7-3)22-25-12-10-24(11-13-25)20-28-21-26-29-14-19-30(26)4/h10-14,19,21H,5-9,15-18,20,22-23H2,1-4H3. The minimum absolute atomic E-state index is 0.152. The highest BCUT2D eigenvalue weighted by Crippen LogP contribution is 2.11. The lowest BCUT2D eigenvalue weighted by atomic mass is 10.1. The SMILES string of the molecule is CCCN(CCC)CCCCN(CC(=O)OCC)Cc1ccc(CN=Cc2nccn2C)cc1. The Morgan fingerprint density at radius 2 is 1.65 bits per heavy atom. The monoisotopic (exact) mass is 469 g/mol. The molecular weight excluding hydrogens is 426 g/mol. The molecular formula is C27H43N5O2. The van der Waals surface area contributed by atoms with Crippen molar-refractivity contribution >= 4 is 12.2 Å². The van der Waals surface area contributed by atoms with Gasteiger partial charge in [-0.25, -0.2) is 4.98 Å². The zero-order valence-electron chi connectivity index (χ0n) is 21.6. The third kappa shape index (κ3) is 10.6. The second kappa shape index (κ2) is 16.2. The maximum atomic E-state index is 12.2. The Morgan fingerprint density at radius 1 is 1.00 bits per heavy atom. The summed E-state index contributed by atoms with van der Waals surface area (Å²) in [5.41, 5.74) is 2.35. The number of imidazole rings is 1. The number of aromatic nitrogens is 2. The Bertz CT molecular complexity index is 841. The topological polar surface area (TPSA) is 63.0 Å². The van der Waals surface area contributed by atoms with Crippen LogP contribution >= 0.6 is 0 Å². The van der Waals surface area contributed by atoms with E-state index in [9.17, 15) is 4.79 Å². The first-order valence-electron chi connectivity index (χ1n) is 12.7. The highest BCUT2D eigenvalue weighted by atomic mass is 16.5. The molecule has 34 heavy (non-hydrogen) atoms. The van der Waals surface area contributed by atoms with Crippen molar-refractivity contribution in [1.29, 1.82) is 0 Å². The van der Waals surface area contributed by atoms with Crippen molar-refractivity contribution in [3.63, 3.8) is 0 Å². The lowest BCUT2D eigenvalue weighted by Gasteiger charge is -2.24. The van der Waals surface area contributed by atoms with Gasteiger partial charge >= 0.3 is 5.97 Å². The van der Waals surface area contributed by atoms with E-state index in [0.717, 1.165) is 43.9 Å². The number of hydrogen-bond acceptors (Lipinski definition) is 6. The fourth-order valence-electron chi connectivity index (χ4n) is 3.98. The second-order valence-corrected chi connectivity index (χ2v) is 8.75. The zero-order chi connectivity index (χ0) is 24.6. The van der Waals surface area contributed by atoms with E-state index in [0.29, 0.717) is 19.7 Å². The van der Waals surface area contributed by atoms with Crippen LogP contribution in [0.1, 0.15) is 63.4 Å². The number of carbonyl (C=O) groups excluding carboxylic acids is 1. The molecule has 0 amide bonds. The van der Waals surface area contributed by atoms with Crippen LogP contribution in [0.25, 0.3) is 0 Å². The van der Waals surface area contributed by atoms with Gasteiger partial charge in [-0.15, -0.1) is 0 Å². The van der Waals surface area contributed by atoms with Crippen LogP contribution in [0.3, 0.4) is 0 Å². The number of rotatable bonds is 17. The number of ether oxygens (including phenoxy) is 1. The zero-order valence-corrected chi connectivity index (χ0v) is 21.6. The molecule has 1 aromatic carbocycles. The molecule has 0 unspecified atom stereocenters. The largest absolute Gasteiger partial charge is 0.465 e. The molecule has 0 fully saturated rings. The Kier molecular flexibility index (Phi) is 13.2. The molecule has 1 aromatic heterocycles. The first-order chi connectivity index (χ1) is 16.5. The molecule has 2 aromatic rings. The Hall–Kier alpha value is -2.51. The van der Waals surface area contributed by atoms with Gasteiger partial charge in [0, 0.05) is 26.0 Å². The van der Waals surface area contributed by atoms with Gasteiger partial charge in [-0.3, -0.25) is 14.7 Å². The number of unbranched alkanes of at least 4 members (excludes halogenated alkanes) is 1. The second-order valence-electron chi connectivity index (χ2n) is 8.75. The maximum Gasteiger partial charge on any atom is 0.320 e. The van der Waals surface area contributed by atoms with Crippen LogP contribution < -0.4 is 0 Å². The third-order valence-electron chi connectivity index (χ3n) is 5.70. The molecule has 0 saturated carbocycles. The average molecular weight is 470 g/mol. The van der Waals surface area contributed by atoms with E-state index in [1.165, 1.54) is 31.5 Å². The van der Waals surface area contributed by atoms with Crippen LogP contribution in [-0.4, -0.2) is 70.9 Å². The van der Waals surface area contributed by atoms with Crippen molar-refractivity contribution < 1.29 is 9.53 Å². The van der Waals surface area contributed by atoms with E-state index < -0.39 is 0 Å². The summed E-state index contributed by atoms with van der Waals surface area (Å²) < 4.78 is 7.15. The van der Waals surface area contributed by atoms with E-state index in [1.54, 1.807) is 12.4 Å². The molecule has 0 aliphatic heterocycles. The Labute approximate surface area is 205 Å². The van der Waals surface area contributed by atoms with Crippen molar-refractivity contribution in [3.05, 3.63) is 53.6 Å². The number of nitrogens with zero attached hydrogens (tertiary/aromatic N) is 5. The summed E-state index contributed by atoms with van der Waals surface area (Å²) >= 11 is 0. The molecule has 0 radical (unpaired) electrons. The molecule has 0 aliphatic rings. The summed E-state index contributed by atoms with van der Waals surface area (Å²) in [5, 5.41) is 0. The fraction of sp³-hybridized carbons (Fsp3) is 0.593. The molecule has 0 saturated heterocycles. The first-order valence-corrected chi connectivity index (χ1v) is 12.7. The number of hydrogen-bond donors (Lipinski definition) is 0. The van der Waals surface area contributed by atoms with Crippen molar-refractivity contribution in [2.75, 3.05) is 39.3 Å². The number of benzene rings is 1. The van der Waals surface area contributed by atoms with Crippen LogP contribution in [0.15, 0.2) is 41.7 Å². The predicted molar refractivity (Wildman–Crippen MR) is 139 cm³/mol. The van der Waals surface area contributed by atoms with Crippen molar-refractivity contribution in [2.45, 2.75) is 59.5 Å². The summed E-state index contributed by atoms with van der Waals surface area (Å²) in [7, 11) is 1.96. The van der Waals surface area contributed by atoms with Gasteiger partial charge in [0.2, 0.25) is 0 Å². The third-order valence-corrected chi connectivity index (χ3v) is 5.70. The maximum absolute atomic E-state index is 12.2. The molecule has 0 spiro atoms. The molecule has 188 valence electrons. The summed E-state index contributed by atoms with van der Waals surface area (Å²) in [6.45, 7) is 12.8. The fourth-order valence-corrected chi connectivity index (χ4v) is 3.98. The smallest absolute Gasteiger partial charge is 0.320 e. The summed E-state index contributed by atoms with van der Waals surface area (Å²) in [4.78, 5) is 25.7. The van der Waals surface area contributed by atoms with Gasteiger partial charge in [0.15, 0.2) is 0 Å². The molecule has 0 atom stereocenters. The molecule has 2 rings (SSSR count). The predicted octanol–water partition coefficient (Wildman–Crippen LogP) is 4.31. The molecule has 0 aliphatic carbocycles. The summed E-state index contributed by atoms with van der Waals surface area (Å²) in [6.07, 6.45) is 10.1. The van der Waals surface area contributed by atoms with Crippen LogP contribution in [0, 0.1) is 0 Å². The number of aryl methyl sites for hydroxylation is 1. The number of carbonyl (C=O) groups is 1. The highest BCUT2D eigenvalue weighted by molar-refractivity contribution is 5.74. The van der Waals surface area contributed by atoms with Gasteiger partial charge in [0.1, 0.15) is 5.82 Å². The van der Waals surface area contributed by atoms with Gasteiger partial charge in [-0.2, -0.15) is 0 Å². The molecule has 1 heterocycles. The number of esters is 1. The Balaban J connectivity index is 1.87.